The molecule has 1 heterocycles. The smallest absolute Gasteiger partial charge is 0.304 e. The summed E-state index contributed by atoms with van der Waals surface area (Å²) in [4.78, 5) is 21.1. The highest BCUT2D eigenvalue weighted by molar-refractivity contribution is 5.66. The van der Waals surface area contributed by atoms with Gasteiger partial charge in [-0.05, 0) is 37.0 Å². The van der Waals surface area contributed by atoms with E-state index in [2.05, 4.69) is 22.2 Å². The van der Waals surface area contributed by atoms with E-state index in [1.807, 2.05) is 19.1 Å². The summed E-state index contributed by atoms with van der Waals surface area (Å²) in [5, 5.41) is 21.8. The van der Waals surface area contributed by atoms with Gasteiger partial charge < -0.3 is 26.0 Å². The maximum absolute atomic E-state index is 13.0. The number of methoxy groups -OCH3 is 1. The zero-order chi connectivity index (χ0) is 26.7. The van der Waals surface area contributed by atoms with Gasteiger partial charge in [0.05, 0.1) is 20.1 Å². The summed E-state index contributed by atoms with van der Waals surface area (Å²) in [5.41, 5.74) is 9.05. The van der Waals surface area contributed by atoms with Crippen molar-refractivity contribution in [3.05, 3.63) is 40.6 Å². The molecule has 0 saturated heterocycles. The number of anilines is 2. The molecule has 5 N–H and O–H groups in total. The fraction of sp³-hybridized carbons (Fsp3) is 0.560. The molecular formula is C25H37F2N5O4. The first-order chi connectivity index (χ1) is 17.2. The van der Waals surface area contributed by atoms with Crippen LogP contribution >= 0.6 is 0 Å². The lowest BCUT2D eigenvalue weighted by molar-refractivity contribution is -0.137. The number of carboxylic acid groups (broad SMARTS) is 1. The number of aliphatic hydroxyl groups excluding tert-OH is 1. The molecule has 0 saturated carbocycles. The molecule has 1 aromatic heterocycles. The molecule has 0 bridgehead atoms. The summed E-state index contributed by atoms with van der Waals surface area (Å²) < 4.78 is 31.6. The van der Waals surface area contributed by atoms with Crippen LogP contribution in [-0.2, 0) is 17.8 Å². The van der Waals surface area contributed by atoms with Gasteiger partial charge in [0.1, 0.15) is 11.6 Å². The van der Waals surface area contributed by atoms with Crippen LogP contribution in [0.15, 0.2) is 18.2 Å². The molecule has 36 heavy (non-hydrogen) atoms. The van der Waals surface area contributed by atoms with Crippen molar-refractivity contribution in [2.75, 3.05) is 37.9 Å². The number of hydrogen-bond donors (Lipinski definition) is 4. The number of nitrogens with zero attached hydrogens (tertiary/aromatic N) is 3. The van der Waals surface area contributed by atoms with Gasteiger partial charge in [-0.25, -0.2) is 13.8 Å². The van der Waals surface area contributed by atoms with E-state index in [-0.39, 0.29) is 38.1 Å². The van der Waals surface area contributed by atoms with Crippen molar-refractivity contribution < 1.29 is 28.5 Å². The van der Waals surface area contributed by atoms with Crippen molar-refractivity contribution >= 4 is 17.7 Å². The molecule has 0 fully saturated rings. The summed E-state index contributed by atoms with van der Waals surface area (Å²) in [6, 6.07) is 5.50. The normalized spacial score (nSPS) is 12.2. The van der Waals surface area contributed by atoms with E-state index in [0.717, 1.165) is 29.5 Å². The van der Waals surface area contributed by atoms with Gasteiger partial charge in [-0.2, -0.15) is 4.98 Å². The number of alkyl halides is 2. The number of carboxylic acids is 1. The lowest BCUT2D eigenvalue weighted by Gasteiger charge is -2.23. The molecular weight excluding hydrogens is 472 g/mol. The van der Waals surface area contributed by atoms with Crippen LogP contribution in [0.25, 0.3) is 0 Å². The Morgan fingerprint density at radius 1 is 1.28 bits per heavy atom. The molecule has 0 spiro atoms. The molecule has 1 unspecified atom stereocenters. The molecule has 0 aliphatic heterocycles. The van der Waals surface area contributed by atoms with E-state index in [1.165, 1.54) is 12.0 Å². The molecule has 0 aliphatic carbocycles. The molecule has 11 heteroatoms. The van der Waals surface area contributed by atoms with E-state index in [1.54, 1.807) is 6.07 Å². The maximum Gasteiger partial charge on any atom is 0.304 e. The van der Waals surface area contributed by atoms with E-state index in [9.17, 15) is 18.7 Å². The lowest BCUT2D eigenvalue weighted by atomic mass is 10.0. The number of hydrogen-bond acceptors (Lipinski definition) is 8. The molecule has 9 nitrogen and oxygen atoms in total. The zero-order valence-electron chi connectivity index (χ0n) is 21.1. The fourth-order valence-electron chi connectivity index (χ4n) is 4.10. The number of aliphatic hydroxyl groups is 1. The lowest BCUT2D eigenvalue weighted by Crippen LogP contribution is -2.30. The third kappa shape index (κ3) is 9.19. The Balaban J connectivity index is 2.31. The molecule has 0 radical (unpaired) electrons. The van der Waals surface area contributed by atoms with Gasteiger partial charge in [-0.3, -0.25) is 9.69 Å². The number of nitrogen functional groups attached to an aromatic ring is 1. The van der Waals surface area contributed by atoms with E-state index in [4.69, 9.17) is 15.6 Å². The van der Waals surface area contributed by atoms with Crippen LogP contribution in [0.5, 0.6) is 5.75 Å². The van der Waals surface area contributed by atoms with Gasteiger partial charge in [-0.15, -0.1) is 0 Å². The Morgan fingerprint density at radius 3 is 2.64 bits per heavy atom. The fourth-order valence-corrected chi connectivity index (χ4v) is 4.10. The molecule has 1 aromatic carbocycles. The van der Waals surface area contributed by atoms with Crippen molar-refractivity contribution in [1.82, 2.24) is 14.9 Å². The van der Waals surface area contributed by atoms with Crippen LogP contribution < -0.4 is 15.8 Å². The molecule has 1 atom stereocenters. The molecule has 2 aromatic rings. The van der Waals surface area contributed by atoms with Gasteiger partial charge in [0.2, 0.25) is 5.95 Å². The number of ether oxygens (including phenoxy) is 1. The second kappa shape index (κ2) is 14.5. The Morgan fingerprint density at radius 2 is 2.03 bits per heavy atom. The van der Waals surface area contributed by atoms with E-state index >= 15 is 0 Å². The highest BCUT2D eigenvalue weighted by atomic mass is 19.3. The van der Waals surface area contributed by atoms with Crippen molar-refractivity contribution in [3.8, 4) is 5.75 Å². The zero-order valence-corrected chi connectivity index (χ0v) is 21.1. The number of carbonyl (C=O) groups is 1. The van der Waals surface area contributed by atoms with Crippen molar-refractivity contribution in [3.63, 3.8) is 0 Å². The Bertz CT molecular complexity index is 987. The number of halogens is 2. The van der Waals surface area contributed by atoms with E-state index < -0.39 is 18.9 Å². The highest BCUT2D eigenvalue weighted by Gasteiger charge is 2.19. The van der Waals surface area contributed by atoms with Gasteiger partial charge in [0, 0.05) is 43.4 Å². The quantitative estimate of drug-likeness (QED) is 0.268. The Kier molecular flexibility index (Phi) is 11.7. The minimum atomic E-state index is -2.57. The third-order valence-electron chi connectivity index (χ3n) is 5.85. The van der Waals surface area contributed by atoms with Crippen molar-refractivity contribution in [2.24, 2.45) is 0 Å². The summed E-state index contributed by atoms with van der Waals surface area (Å²) in [7, 11) is 1.54. The van der Waals surface area contributed by atoms with Crippen LogP contribution in [-0.4, -0.2) is 70.3 Å². The Labute approximate surface area is 210 Å². The first kappa shape index (κ1) is 29.2. The highest BCUT2D eigenvalue weighted by Crippen LogP contribution is 2.29. The standard InChI is InChI=1S/C25H37F2N5O4/c1-4-5-19(9-11-33)30-24-20(16(2)29-25(28)31-24)13-18-7-6-17(12-21(18)36-3)14-32(15-22(26)27)10-8-23(34)35/h6-7,12,19,22,33H,4-5,8-11,13-15H2,1-3H3,(H,34,35)(H3,28,29,30,31). The SMILES string of the molecule is CCCC(CCO)Nc1nc(N)nc(C)c1Cc1ccc(CN(CCC(=O)O)CC(F)F)cc1OC. The summed E-state index contributed by atoms with van der Waals surface area (Å²) in [6.07, 6.45) is 0.0286. The summed E-state index contributed by atoms with van der Waals surface area (Å²) in [6.45, 7) is 3.66. The first-order valence-electron chi connectivity index (χ1n) is 12.0. The van der Waals surface area contributed by atoms with Crippen LogP contribution in [0, 0.1) is 6.92 Å². The van der Waals surface area contributed by atoms with Gasteiger partial charge in [0.15, 0.2) is 0 Å². The van der Waals surface area contributed by atoms with E-state index in [0.29, 0.717) is 30.1 Å². The predicted molar refractivity (Wildman–Crippen MR) is 135 cm³/mol. The molecule has 0 amide bonds. The number of rotatable bonds is 16. The largest absolute Gasteiger partial charge is 0.496 e. The maximum atomic E-state index is 13.0. The third-order valence-corrected chi connectivity index (χ3v) is 5.85. The van der Waals surface area contributed by atoms with Crippen molar-refractivity contribution in [2.45, 2.75) is 65.0 Å². The van der Waals surface area contributed by atoms with Gasteiger partial charge in [0.25, 0.3) is 6.43 Å². The van der Waals surface area contributed by atoms with Crippen molar-refractivity contribution in [1.29, 1.82) is 0 Å². The molecule has 2 rings (SSSR count). The Hall–Kier alpha value is -3.05. The topological polar surface area (TPSA) is 134 Å². The summed E-state index contributed by atoms with van der Waals surface area (Å²) >= 11 is 0. The van der Waals surface area contributed by atoms with Crippen LogP contribution in [0.2, 0.25) is 0 Å². The number of benzene rings is 1. The molecule has 200 valence electrons. The first-order valence-corrected chi connectivity index (χ1v) is 12.0. The van der Waals surface area contributed by atoms with Crippen LogP contribution in [0.3, 0.4) is 0 Å². The van der Waals surface area contributed by atoms with Gasteiger partial charge in [-0.1, -0.05) is 25.5 Å². The number of aromatic nitrogens is 2. The number of nitrogens with two attached hydrogens (primary N) is 1. The number of aliphatic carboxylic acids is 1. The van der Waals surface area contributed by atoms with Gasteiger partial charge >= 0.3 is 5.97 Å². The minimum absolute atomic E-state index is 0.0213. The second-order valence-corrected chi connectivity index (χ2v) is 8.73. The number of aryl methyl sites for hydroxylation is 1. The molecule has 0 aliphatic rings. The van der Waals surface area contributed by atoms with Crippen LogP contribution in [0.1, 0.15) is 55.0 Å². The summed E-state index contributed by atoms with van der Waals surface area (Å²) in [5.74, 6) is 0.300. The predicted octanol–water partition coefficient (Wildman–Crippen LogP) is 3.47. The number of nitrogens with one attached hydrogen (secondary N) is 1. The average molecular weight is 510 g/mol. The van der Waals surface area contributed by atoms with Crippen LogP contribution in [0.4, 0.5) is 20.5 Å². The minimum Gasteiger partial charge on any atom is -0.496 e. The monoisotopic (exact) mass is 509 g/mol. The second-order valence-electron chi connectivity index (χ2n) is 8.73. The average Bonchev–Trinajstić information content (AvgIpc) is 2.80.